The van der Waals surface area contributed by atoms with E-state index in [0.717, 1.165) is 20.9 Å². The van der Waals surface area contributed by atoms with Gasteiger partial charge in [0.25, 0.3) is 0 Å². The zero-order chi connectivity index (χ0) is 16.8. The molecule has 5 rings (SSSR count). The van der Waals surface area contributed by atoms with E-state index in [9.17, 15) is 9.59 Å². The lowest BCUT2D eigenvalue weighted by molar-refractivity contribution is -0.130. The van der Waals surface area contributed by atoms with Gasteiger partial charge in [0.05, 0.1) is 22.3 Å². The number of fused-ring (bicyclic) bond motifs is 6. The lowest BCUT2D eigenvalue weighted by Gasteiger charge is -2.31. The summed E-state index contributed by atoms with van der Waals surface area (Å²) in [6.07, 6.45) is 0. The van der Waals surface area contributed by atoms with E-state index in [4.69, 9.17) is 0 Å². The van der Waals surface area contributed by atoms with Crippen molar-refractivity contribution in [3.8, 4) is 0 Å². The largest absolute Gasteiger partial charge is 0.298 e. The SMILES string of the molecule is CC.O=C1C2Sc3ccccc3C2C(=O)C2Sc3ccccc3C12. The topological polar surface area (TPSA) is 34.1 Å². The quantitative estimate of drug-likeness (QED) is 0.688. The summed E-state index contributed by atoms with van der Waals surface area (Å²) in [5.74, 6) is -0.0463. The average molecular weight is 354 g/mol. The molecule has 2 aromatic rings. The van der Waals surface area contributed by atoms with Crippen LogP contribution >= 0.6 is 23.5 Å². The first-order chi connectivity index (χ1) is 11.8. The lowest BCUT2D eigenvalue weighted by Crippen LogP contribution is -2.45. The monoisotopic (exact) mass is 354 g/mol. The molecule has 0 aromatic heterocycles. The van der Waals surface area contributed by atoms with Crippen molar-refractivity contribution in [1.82, 2.24) is 0 Å². The zero-order valence-corrected chi connectivity index (χ0v) is 15.2. The van der Waals surface area contributed by atoms with E-state index in [2.05, 4.69) is 0 Å². The molecule has 0 amide bonds. The van der Waals surface area contributed by atoms with Crippen LogP contribution in [0.1, 0.15) is 36.8 Å². The molecule has 24 heavy (non-hydrogen) atoms. The van der Waals surface area contributed by atoms with Crippen LogP contribution in [0, 0.1) is 0 Å². The summed E-state index contributed by atoms with van der Waals surface area (Å²) >= 11 is 3.15. The van der Waals surface area contributed by atoms with Crippen LogP contribution in [0.5, 0.6) is 0 Å². The van der Waals surface area contributed by atoms with Crippen molar-refractivity contribution in [3.63, 3.8) is 0 Å². The molecule has 2 heterocycles. The molecule has 0 N–H and O–H groups in total. The van der Waals surface area contributed by atoms with E-state index >= 15 is 0 Å². The lowest BCUT2D eigenvalue weighted by atomic mass is 9.74. The van der Waals surface area contributed by atoms with Crippen LogP contribution in [0.4, 0.5) is 0 Å². The molecule has 0 radical (unpaired) electrons. The number of ketones is 2. The Morgan fingerprint density at radius 2 is 1.04 bits per heavy atom. The molecule has 1 saturated carbocycles. The van der Waals surface area contributed by atoms with Crippen molar-refractivity contribution in [3.05, 3.63) is 59.7 Å². The fourth-order valence-electron chi connectivity index (χ4n) is 3.83. The first-order valence-corrected chi connectivity index (χ1v) is 10.1. The van der Waals surface area contributed by atoms with Crippen molar-refractivity contribution in [1.29, 1.82) is 0 Å². The molecule has 2 nitrogen and oxygen atoms in total. The molecule has 1 fully saturated rings. The van der Waals surface area contributed by atoms with Gasteiger partial charge < -0.3 is 0 Å². The minimum atomic E-state index is -0.253. The Hall–Kier alpha value is -1.52. The predicted molar refractivity (Wildman–Crippen MR) is 99.0 cm³/mol. The molecule has 4 heteroatoms. The highest BCUT2D eigenvalue weighted by molar-refractivity contribution is 8.02. The van der Waals surface area contributed by atoms with E-state index in [1.54, 1.807) is 23.5 Å². The molecule has 1 aliphatic carbocycles. The Labute approximate surface area is 150 Å². The van der Waals surface area contributed by atoms with Crippen LogP contribution in [0.15, 0.2) is 58.3 Å². The number of thioether (sulfide) groups is 2. The first kappa shape index (κ1) is 16.0. The van der Waals surface area contributed by atoms with E-state index in [1.807, 2.05) is 62.4 Å². The van der Waals surface area contributed by atoms with Gasteiger partial charge in [-0.05, 0) is 23.3 Å². The minimum Gasteiger partial charge on any atom is -0.298 e. The van der Waals surface area contributed by atoms with E-state index in [1.165, 1.54) is 0 Å². The van der Waals surface area contributed by atoms with Crippen LogP contribution in [-0.2, 0) is 9.59 Å². The van der Waals surface area contributed by atoms with Crippen LogP contribution in [0.25, 0.3) is 0 Å². The maximum atomic E-state index is 13.1. The second-order valence-corrected chi connectivity index (χ2v) is 8.28. The highest BCUT2D eigenvalue weighted by Gasteiger charge is 2.56. The molecule has 2 aliphatic heterocycles. The van der Waals surface area contributed by atoms with E-state index in [-0.39, 0.29) is 33.9 Å². The molecular weight excluding hydrogens is 336 g/mol. The molecule has 3 aliphatic rings. The van der Waals surface area contributed by atoms with Crippen LogP contribution in [0.2, 0.25) is 0 Å². The summed E-state index contributed by atoms with van der Waals surface area (Å²) in [5.41, 5.74) is 2.09. The summed E-state index contributed by atoms with van der Waals surface area (Å²) in [5, 5.41) is -0.476. The van der Waals surface area contributed by atoms with Gasteiger partial charge in [0, 0.05) is 9.79 Å². The number of benzene rings is 2. The predicted octanol–water partition coefficient (Wildman–Crippen LogP) is 4.68. The summed E-state index contributed by atoms with van der Waals surface area (Å²) < 4.78 is 0. The highest BCUT2D eigenvalue weighted by atomic mass is 32.2. The second-order valence-electron chi connectivity index (χ2n) is 5.91. The third-order valence-corrected chi connectivity index (χ3v) is 7.56. The minimum absolute atomic E-state index is 0.230. The standard InChI is InChI=1S/C18H12O2S2.C2H6/c19-15-13-9-5-1-3-7-11(9)21-17(13)16(20)14-10-6-2-4-8-12(10)22-18(14)15;1-2/h1-8,13-14,17-18H;1-2H3. The zero-order valence-electron chi connectivity index (χ0n) is 13.6. The van der Waals surface area contributed by atoms with Gasteiger partial charge >= 0.3 is 0 Å². The van der Waals surface area contributed by atoms with Gasteiger partial charge in [-0.2, -0.15) is 0 Å². The van der Waals surface area contributed by atoms with Gasteiger partial charge in [-0.15, -0.1) is 23.5 Å². The molecule has 4 atom stereocenters. The number of carbonyl (C=O) groups is 2. The molecular formula is C20H18O2S2. The van der Waals surface area contributed by atoms with E-state index in [0.29, 0.717) is 0 Å². The first-order valence-electron chi connectivity index (χ1n) is 8.34. The molecule has 122 valence electrons. The van der Waals surface area contributed by atoms with Gasteiger partial charge in [0.1, 0.15) is 0 Å². The smallest absolute Gasteiger partial charge is 0.156 e. The van der Waals surface area contributed by atoms with Crippen molar-refractivity contribution in [2.24, 2.45) is 0 Å². The number of hydrogen-bond donors (Lipinski definition) is 0. The fraction of sp³-hybridized carbons (Fsp3) is 0.300. The van der Waals surface area contributed by atoms with Crippen molar-refractivity contribution in [2.75, 3.05) is 0 Å². The van der Waals surface area contributed by atoms with Gasteiger partial charge in [-0.1, -0.05) is 50.2 Å². The Balaban J connectivity index is 0.000000704. The Kier molecular flexibility index (Phi) is 4.05. The average Bonchev–Trinajstić information content (AvgIpc) is 3.21. The van der Waals surface area contributed by atoms with E-state index < -0.39 is 0 Å². The van der Waals surface area contributed by atoms with Gasteiger partial charge in [-0.25, -0.2) is 0 Å². The van der Waals surface area contributed by atoms with Gasteiger partial charge in [-0.3, -0.25) is 9.59 Å². The molecule has 4 unspecified atom stereocenters. The number of Topliss-reactive ketones (excluding diaryl/α,β-unsaturated/α-hetero) is 2. The molecule has 0 spiro atoms. The third-order valence-electron chi connectivity index (χ3n) is 4.80. The summed E-state index contributed by atoms with van der Waals surface area (Å²) in [7, 11) is 0. The van der Waals surface area contributed by atoms with Crippen LogP contribution in [-0.4, -0.2) is 22.1 Å². The van der Waals surface area contributed by atoms with Crippen molar-refractivity contribution < 1.29 is 9.59 Å². The summed E-state index contributed by atoms with van der Waals surface area (Å²) in [6, 6.07) is 15.9. The Bertz CT molecular complexity index is 760. The number of carbonyl (C=O) groups excluding carboxylic acids is 2. The van der Waals surface area contributed by atoms with Gasteiger partial charge in [0.15, 0.2) is 11.6 Å². The number of hydrogen-bond acceptors (Lipinski definition) is 4. The van der Waals surface area contributed by atoms with Crippen molar-refractivity contribution >= 4 is 35.1 Å². The summed E-state index contributed by atoms with van der Waals surface area (Å²) in [6.45, 7) is 4.00. The maximum Gasteiger partial charge on any atom is 0.156 e. The normalized spacial score (nSPS) is 29.1. The molecule has 0 bridgehead atoms. The number of rotatable bonds is 0. The fourth-order valence-corrected chi connectivity index (χ4v) is 6.71. The second kappa shape index (κ2) is 6.08. The van der Waals surface area contributed by atoms with Gasteiger partial charge in [0.2, 0.25) is 0 Å². The highest BCUT2D eigenvalue weighted by Crippen LogP contribution is 2.58. The van der Waals surface area contributed by atoms with Crippen molar-refractivity contribution in [2.45, 2.75) is 46.0 Å². The summed E-state index contributed by atoms with van der Waals surface area (Å²) in [4.78, 5) is 28.3. The third kappa shape index (κ3) is 2.12. The molecule has 0 saturated heterocycles. The Morgan fingerprint density at radius 3 is 1.46 bits per heavy atom. The Morgan fingerprint density at radius 1 is 0.667 bits per heavy atom. The van der Waals surface area contributed by atoms with Crippen LogP contribution < -0.4 is 0 Å². The molecule has 2 aromatic carbocycles. The maximum absolute atomic E-state index is 13.1. The van der Waals surface area contributed by atoms with Crippen LogP contribution in [0.3, 0.4) is 0 Å².